The van der Waals surface area contributed by atoms with Crippen molar-refractivity contribution in [2.24, 2.45) is 0 Å². The van der Waals surface area contributed by atoms with Crippen LogP contribution in [0.2, 0.25) is 0 Å². The molecular weight excluding hydrogens is 350 g/mol. The maximum absolute atomic E-state index is 12.2. The second kappa shape index (κ2) is 8.53. The lowest BCUT2D eigenvalue weighted by atomic mass is 10.1. The summed E-state index contributed by atoms with van der Waals surface area (Å²) in [5, 5.41) is 6.73. The standard InChI is InChI=1S/C19H19N3O3S/c1-14(15-8-4-2-5-9-15)20-17(23)12-26(24)13-18-21-19(22-25-18)16-10-6-3-7-11-16/h2-11,14H,12-13H2,1H3,(H,20,23)/t14-,26+/m0/s1. The van der Waals surface area contributed by atoms with Crippen LogP contribution in [0, 0.1) is 0 Å². The van der Waals surface area contributed by atoms with Crippen LogP contribution in [0.25, 0.3) is 11.4 Å². The number of amides is 1. The van der Waals surface area contributed by atoms with E-state index < -0.39 is 10.8 Å². The van der Waals surface area contributed by atoms with E-state index in [1.807, 2.05) is 67.6 Å². The molecule has 1 heterocycles. The van der Waals surface area contributed by atoms with Crippen LogP contribution >= 0.6 is 0 Å². The van der Waals surface area contributed by atoms with Crippen molar-refractivity contribution in [3.63, 3.8) is 0 Å². The van der Waals surface area contributed by atoms with Crippen molar-refractivity contribution in [3.05, 3.63) is 72.1 Å². The van der Waals surface area contributed by atoms with Crippen LogP contribution < -0.4 is 5.32 Å². The summed E-state index contributed by atoms with van der Waals surface area (Å²) in [6.07, 6.45) is 0. The van der Waals surface area contributed by atoms with Gasteiger partial charge < -0.3 is 9.84 Å². The number of carbonyl (C=O) groups excluding carboxylic acids is 1. The van der Waals surface area contributed by atoms with Gasteiger partial charge in [-0.15, -0.1) is 0 Å². The van der Waals surface area contributed by atoms with Gasteiger partial charge in [-0.3, -0.25) is 9.00 Å². The Morgan fingerprint density at radius 3 is 2.46 bits per heavy atom. The molecule has 0 fully saturated rings. The van der Waals surface area contributed by atoms with Crippen molar-refractivity contribution in [2.45, 2.75) is 18.7 Å². The lowest BCUT2D eigenvalue weighted by Gasteiger charge is -2.13. The summed E-state index contributed by atoms with van der Waals surface area (Å²) >= 11 is 0. The van der Waals surface area contributed by atoms with Gasteiger partial charge in [0.25, 0.3) is 0 Å². The minimum atomic E-state index is -1.43. The highest BCUT2D eigenvalue weighted by Gasteiger charge is 2.16. The lowest BCUT2D eigenvalue weighted by molar-refractivity contribution is -0.119. The molecule has 1 aromatic heterocycles. The normalized spacial score (nSPS) is 13.1. The van der Waals surface area contributed by atoms with Gasteiger partial charge in [-0.05, 0) is 12.5 Å². The van der Waals surface area contributed by atoms with Crippen LogP contribution in [0.3, 0.4) is 0 Å². The summed E-state index contributed by atoms with van der Waals surface area (Å²) < 4.78 is 17.3. The number of aromatic nitrogens is 2. The average Bonchev–Trinajstić information content (AvgIpc) is 3.11. The van der Waals surface area contributed by atoms with Crippen LogP contribution in [-0.4, -0.2) is 26.0 Å². The number of carbonyl (C=O) groups is 1. The fraction of sp³-hybridized carbons (Fsp3) is 0.211. The molecule has 0 aliphatic carbocycles. The fourth-order valence-electron chi connectivity index (χ4n) is 2.46. The molecular formula is C19H19N3O3S. The molecule has 0 unspecified atom stereocenters. The Kier molecular flexibility index (Phi) is 5.91. The number of hydrogen-bond donors (Lipinski definition) is 1. The Morgan fingerprint density at radius 2 is 1.77 bits per heavy atom. The van der Waals surface area contributed by atoms with Crippen LogP contribution in [0.5, 0.6) is 0 Å². The van der Waals surface area contributed by atoms with Crippen molar-refractivity contribution in [1.82, 2.24) is 15.5 Å². The largest absolute Gasteiger partial charge is 0.349 e. The number of nitrogens with one attached hydrogen (secondary N) is 1. The molecule has 0 saturated carbocycles. The maximum atomic E-state index is 12.2. The van der Waals surface area contributed by atoms with E-state index in [1.54, 1.807) is 0 Å². The topological polar surface area (TPSA) is 85.1 Å². The Labute approximate surface area is 154 Å². The summed E-state index contributed by atoms with van der Waals surface area (Å²) in [6.45, 7) is 1.89. The third-order valence-corrected chi connectivity index (χ3v) is 4.91. The highest BCUT2D eigenvalue weighted by Crippen LogP contribution is 2.15. The van der Waals surface area contributed by atoms with Crippen LogP contribution in [0.1, 0.15) is 24.4 Å². The molecule has 0 bridgehead atoms. The Hall–Kier alpha value is -2.80. The molecule has 3 aromatic rings. The first-order chi connectivity index (χ1) is 12.6. The van der Waals surface area contributed by atoms with Crippen LogP contribution in [0.15, 0.2) is 65.2 Å². The summed E-state index contributed by atoms with van der Waals surface area (Å²) in [5.74, 6) is 0.362. The third kappa shape index (κ3) is 4.86. The molecule has 0 spiro atoms. The van der Waals surface area contributed by atoms with Crippen molar-refractivity contribution in [3.8, 4) is 11.4 Å². The average molecular weight is 369 g/mol. The van der Waals surface area contributed by atoms with Gasteiger partial charge in [0, 0.05) is 16.4 Å². The van der Waals surface area contributed by atoms with Crippen molar-refractivity contribution >= 4 is 16.7 Å². The minimum Gasteiger partial charge on any atom is -0.349 e. The van der Waals surface area contributed by atoms with E-state index in [-0.39, 0.29) is 29.3 Å². The van der Waals surface area contributed by atoms with Crippen LogP contribution in [0.4, 0.5) is 0 Å². The maximum Gasteiger partial charge on any atom is 0.239 e. The molecule has 7 heteroatoms. The van der Waals surface area contributed by atoms with Crippen molar-refractivity contribution < 1.29 is 13.5 Å². The SMILES string of the molecule is C[C@H](NC(=O)C[S@@](=O)Cc1nc(-c2ccccc2)no1)c1ccccc1. The van der Waals surface area contributed by atoms with Gasteiger partial charge in [-0.1, -0.05) is 65.8 Å². The van der Waals surface area contributed by atoms with Crippen molar-refractivity contribution in [1.29, 1.82) is 0 Å². The highest BCUT2D eigenvalue weighted by atomic mass is 32.2. The zero-order valence-corrected chi connectivity index (χ0v) is 15.1. The zero-order chi connectivity index (χ0) is 18.4. The summed E-state index contributed by atoms with van der Waals surface area (Å²) in [5.41, 5.74) is 1.82. The molecule has 6 nitrogen and oxygen atoms in total. The third-order valence-electron chi connectivity index (χ3n) is 3.75. The molecule has 1 N–H and O–H groups in total. The zero-order valence-electron chi connectivity index (χ0n) is 14.3. The van der Waals surface area contributed by atoms with Gasteiger partial charge in [-0.2, -0.15) is 4.98 Å². The first-order valence-electron chi connectivity index (χ1n) is 8.19. The van der Waals surface area contributed by atoms with E-state index in [2.05, 4.69) is 15.5 Å². The predicted molar refractivity (Wildman–Crippen MR) is 99.4 cm³/mol. The number of rotatable bonds is 7. The molecule has 0 aliphatic heterocycles. The van der Waals surface area contributed by atoms with Crippen molar-refractivity contribution in [2.75, 3.05) is 5.75 Å². The molecule has 2 aromatic carbocycles. The van der Waals surface area contributed by atoms with E-state index in [1.165, 1.54) is 0 Å². The van der Waals surface area contributed by atoms with Crippen LogP contribution in [-0.2, 0) is 21.3 Å². The predicted octanol–water partition coefficient (Wildman–Crippen LogP) is 2.86. The Balaban J connectivity index is 1.52. The van der Waals surface area contributed by atoms with Gasteiger partial charge in [0.2, 0.25) is 17.6 Å². The number of nitrogens with zero attached hydrogens (tertiary/aromatic N) is 2. The minimum absolute atomic E-state index is 0.0486. The number of benzene rings is 2. The van der Waals surface area contributed by atoms with Gasteiger partial charge in [-0.25, -0.2) is 0 Å². The summed E-state index contributed by atoms with van der Waals surface area (Å²) in [7, 11) is -1.43. The van der Waals surface area contributed by atoms with E-state index >= 15 is 0 Å². The monoisotopic (exact) mass is 369 g/mol. The molecule has 1 amide bonds. The molecule has 26 heavy (non-hydrogen) atoms. The highest BCUT2D eigenvalue weighted by molar-refractivity contribution is 7.84. The molecule has 0 aliphatic rings. The molecule has 134 valence electrons. The van der Waals surface area contributed by atoms with Gasteiger partial charge in [0.05, 0.1) is 6.04 Å². The fourth-order valence-corrected chi connectivity index (χ4v) is 3.33. The van der Waals surface area contributed by atoms with Gasteiger partial charge >= 0.3 is 0 Å². The summed E-state index contributed by atoms with van der Waals surface area (Å²) in [6, 6.07) is 18.9. The van der Waals surface area contributed by atoms with Gasteiger partial charge in [0.1, 0.15) is 11.5 Å². The Bertz CT molecular complexity index is 881. The van der Waals surface area contributed by atoms with E-state index in [0.717, 1.165) is 11.1 Å². The molecule has 0 saturated heterocycles. The van der Waals surface area contributed by atoms with E-state index in [0.29, 0.717) is 5.82 Å². The smallest absolute Gasteiger partial charge is 0.239 e. The van der Waals surface area contributed by atoms with Gasteiger partial charge in [0.15, 0.2) is 0 Å². The molecule has 0 radical (unpaired) electrons. The quantitative estimate of drug-likeness (QED) is 0.692. The first kappa shape index (κ1) is 18.0. The first-order valence-corrected chi connectivity index (χ1v) is 9.68. The van der Waals surface area contributed by atoms with E-state index in [9.17, 15) is 9.00 Å². The second-order valence-corrected chi connectivity index (χ2v) is 7.26. The number of hydrogen-bond acceptors (Lipinski definition) is 5. The molecule has 2 atom stereocenters. The second-order valence-electron chi connectivity index (χ2n) is 5.81. The molecule has 3 rings (SSSR count). The summed E-state index contributed by atoms with van der Waals surface area (Å²) in [4.78, 5) is 16.3. The Morgan fingerprint density at radius 1 is 1.12 bits per heavy atom. The van der Waals surface area contributed by atoms with E-state index in [4.69, 9.17) is 4.52 Å². The lowest BCUT2D eigenvalue weighted by Crippen LogP contribution is -2.31.